The van der Waals surface area contributed by atoms with E-state index >= 15 is 0 Å². The van der Waals surface area contributed by atoms with Gasteiger partial charge in [-0.25, -0.2) is 0 Å². The monoisotopic (exact) mass is 278 g/mol. The summed E-state index contributed by atoms with van der Waals surface area (Å²) in [7, 11) is 3.07. The molecule has 2 aliphatic rings. The number of aliphatic hydroxyl groups excluding tert-OH is 1. The van der Waals surface area contributed by atoms with E-state index in [2.05, 4.69) is 5.32 Å². The Balaban J connectivity index is 2.10. The van der Waals surface area contributed by atoms with Gasteiger partial charge in [0, 0.05) is 12.6 Å². The van der Waals surface area contributed by atoms with Gasteiger partial charge in [-0.2, -0.15) is 0 Å². The normalized spacial score (nSPS) is 24.6. The summed E-state index contributed by atoms with van der Waals surface area (Å²) in [5.41, 5.74) is 1.08. The lowest BCUT2D eigenvalue weighted by Gasteiger charge is -2.25. The first kappa shape index (κ1) is 13.1. The van der Waals surface area contributed by atoms with Gasteiger partial charge in [0.25, 0.3) is 5.91 Å². The van der Waals surface area contributed by atoms with Gasteiger partial charge in [0.15, 0.2) is 11.5 Å². The van der Waals surface area contributed by atoms with Crippen LogP contribution in [0.25, 0.3) is 0 Å². The maximum Gasteiger partial charge on any atom is 0.256 e. The minimum atomic E-state index is -0.763. The highest BCUT2D eigenvalue weighted by atomic mass is 16.5. The summed E-state index contributed by atoms with van der Waals surface area (Å²) in [6.45, 7) is 0.677. The number of rotatable bonds is 2. The highest BCUT2D eigenvalue weighted by Gasteiger charge is 2.38. The minimum absolute atomic E-state index is 0.0764. The van der Waals surface area contributed by atoms with Crippen LogP contribution < -0.4 is 14.8 Å². The molecule has 6 nitrogen and oxygen atoms in total. The average molecular weight is 278 g/mol. The molecule has 2 aliphatic heterocycles. The molecule has 6 heteroatoms. The fourth-order valence-electron chi connectivity index (χ4n) is 2.96. The van der Waals surface area contributed by atoms with Crippen LogP contribution >= 0.6 is 0 Å². The number of methoxy groups -OCH3 is 2. The summed E-state index contributed by atoms with van der Waals surface area (Å²) in [5, 5.41) is 13.2. The SMILES string of the molecule is COc1cc2c(cc1OC)C(=O)N1CCC[C@H]1[C@H](O)N2. The van der Waals surface area contributed by atoms with E-state index in [0.717, 1.165) is 12.8 Å². The number of fused-ring (bicyclic) bond motifs is 2. The molecule has 0 radical (unpaired) electrons. The summed E-state index contributed by atoms with van der Waals surface area (Å²) in [4.78, 5) is 14.3. The third kappa shape index (κ3) is 1.87. The van der Waals surface area contributed by atoms with E-state index in [1.807, 2.05) is 0 Å². The first-order valence-corrected chi connectivity index (χ1v) is 6.67. The van der Waals surface area contributed by atoms with Gasteiger partial charge in [-0.1, -0.05) is 0 Å². The van der Waals surface area contributed by atoms with Gasteiger partial charge in [-0.3, -0.25) is 4.79 Å². The number of ether oxygens (including phenoxy) is 2. The van der Waals surface area contributed by atoms with Crippen molar-refractivity contribution in [3.8, 4) is 11.5 Å². The van der Waals surface area contributed by atoms with Crippen molar-refractivity contribution in [2.45, 2.75) is 25.1 Å². The molecule has 1 aromatic rings. The predicted molar refractivity (Wildman–Crippen MR) is 73.2 cm³/mol. The van der Waals surface area contributed by atoms with Crippen molar-refractivity contribution < 1.29 is 19.4 Å². The number of carbonyl (C=O) groups is 1. The van der Waals surface area contributed by atoms with Crippen molar-refractivity contribution >= 4 is 11.6 Å². The van der Waals surface area contributed by atoms with E-state index in [0.29, 0.717) is 29.3 Å². The maximum atomic E-state index is 12.6. The molecule has 0 unspecified atom stereocenters. The lowest BCUT2D eigenvalue weighted by atomic mass is 10.1. The summed E-state index contributed by atoms with van der Waals surface area (Å²) in [6, 6.07) is 3.18. The molecule has 20 heavy (non-hydrogen) atoms. The van der Waals surface area contributed by atoms with E-state index in [9.17, 15) is 9.90 Å². The van der Waals surface area contributed by atoms with Crippen LogP contribution in [0, 0.1) is 0 Å². The van der Waals surface area contributed by atoms with Crippen LogP contribution in [0.2, 0.25) is 0 Å². The van der Waals surface area contributed by atoms with Crippen molar-refractivity contribution in [1.29, 1.82) is 0 Å². The Kier molecular flexibility index (Phi) is 3.17. The predicted octanol–water partition coefficient (Wildman–Crippen LogP) is 1.05. The number of hydrogen-bond donors (Lipinski definition) is 2. The second-order valence-electron chi connectivity index (χ2n) is 5.05. The molecule has 0 aliphatic carbocycles. The van der Waals surface area contributed by atoms with Gasteiger partial charge >= 0.3 is 0 Å². The molecular weight excluding hydrogens is 260 g/mol. The van der Waals surface area contributed by atoms with Crippen molar-refractivity contribution in [2.75, 3.05) is 26.1 Å². The van der Waals surface area contributed by atoms with Crippen LogP contribution in [-0.4, -0.2) is 48.9 Å². The van der Waals surface area contributed by atoms with Crippen molar-refractivity contribution in [1.82, 2.24) is 4.90 Å². The Bertz CT molecular complexity index is 546. The van der Waals surface area contributed by atoms with Crippen LogP contribution in [0.1, 0.15) is 23.2 Å². The van der Waals surface area contributed by atoms with Gasteiger partial charge < -0.3 is 24.8 Å². The molecule has 3 rings (SSSR count). The largest absolute Gasteiger partial charge is 0.493 e. The topological polar surface area (TPSA) is 71.0 Å². The number of aliphatic hydroxyl groups is 1. The van der Waals surface area contributed by atoms with E-state index in [1.54, 1.807) is 17.0 Å². The number of hydrogen-bond acceptors (Lipinski definition) is 5. The van der Waals surface area contributed by atoms with Crippen LogP contribution in [0.5, 0.6) is 11.5 Å². The maximum absolute atomic E-state index is 12.6. The molecule has 2 heterocycles. The zero-order valence-electron chi connectivity index (χ0n) is 11.5. The smallest absolute Gasteiger partial charge is 0.256 e. The number of anilines is 1. The Morgan fingerprint density at radius 3 is 2.70 bits per heavy atom. The van der Waals surface area contributed by atoms with Gasteiger partial charge in [0.1, 0.15) is 6.23 Å². The third-order valence-corrected chi connectivity index (χ3v) is 3.98. The second-order valence-corrected chi connectivity index (χ2v) is 5.05. The van der Waals surface area contributed by atoms with E-state index in [4.69, 9.17) is 9.47 Å². The fraction of sp³-hybridized carbons (Fsp3) is 0.500. The number of benzene rings is 1. The molecular formula is C14H18N2O4. The summed E-state index contributed by atoms with van der Waals surface area (Å²) in [6.07, 6.45) is 0.959. The molecule has 1 saturated heterocycles. The van der Waals surface area contributed by atoms with E-state index in [1.165, 1.54) is 14.2 Å². The van der Waals surface area contributed by atoms with Crippen LogP contribution in [-0.2, 0) is 0 Å². The molecule has 2 N–H and O–H groups in total. The summed E-state index contributed by atoms with van der Waals surface area (Å²) < 4.78 is 10.5. The van der Waals surface area contributed by atoms with Gasteiger partial charge in [0.05, 0.1) is 31.5 Å². The fourth-order valence-corrected chi connectivity index (χ4v) is 2.96. The standard InChI is InChI=1S/C14H18N2O4/c1-19-11-6-8-9(7-12(11)20-2)15-13(17)10-4-3-5-16(10)14(8)18/h6-7,10,13,15,17H,3-5H2,1-2H3/t10-,13-/m0/s1. The molecule has 2 atom stereocenters. The Hall–Kier alpha value is -1.95. The zero-order chi connectivity index (χ0) is 14.3. The van der Waals surface area contributed by atoms with E-state index in [-0.39, 0.29) is 11.9 Å². The molecule has 1 aromatic carbocycles. The molecule has 108 valence electrons. The first-order chi connectivity index (χ1) is 9.65. The number of nitrogens with zero attached hydrogens (tertiary/aromatic N) is 1. The quantitative estimate of drug-likeness (QED) is 0.846. The summed E-state index contributed by atoms with van der Waals surface area (Å²) in [5.74, 6) is 0.960. The highest BCUT2D eigenvalue weighted by molar-refractivity contribution is 6.01. The Morgan fingerprint density at radius 2 is 2.00 bits per heavy atom. The van der Waals surface area contributed by atoms with Crippen LogP contribution in [0.3, 0.4) is 0 Å². The third-order valence-electron chi connectivity index (χ3n) is 3.98. The van der Waals surface area contributed by atoms with Crippen LogP contribution in [0.15, 0.2) is 12.1 Å². The summed E-state index contributed by atoms with van der Waals surface area (Å²) >= 11 is 0. The minimum Gasteiger partial charge on any atom is -0.493 e. The van der Waals surface area contributed by atoms with Crippen molar-refractivity contribution in [3.63, 3.8) is 0 Å². The van der Waals surface area contributed by atoms with Gasteiger partial charge in [0.2, 0.25) is 0 Å². The Morgan fingerprint density at radius 1 is 1.30 bits per heavy atom. The van der Waals surface area contributed by atoms with Gasteiger partial charge in [-0.05, 0) is 18.9 Å². The highest BCUT2D eigenvalue weighted by Crippen LogP contribution is 2.37. The number of nitrogens with one attached hydrogen (secondary N) is 1. The van der Waals surface area contributed by atoms with Gasteiger partial charge in [-0.15, -0.1) is 0 Å². The molecule has 0 aromatic heterocycles. The molecule has 0 saturated carbocycles. The molecule has 0 spiro atoms. The lowest BCUT2D eigenvalue weighted by molar-refractivity contribution is 0.0581. The van der Waals surface area contributed by atoms with Crippen LogP contribution in [0.4, 0.5) is 5.69 Å². The molecule has 1 fully saturated rings. The second kappa shape index (κ2) is 4.86. The number of amides is 1. The average Bonchev–Trinajstić information content (AvgIpc) is 2.92. The molecule has 0 bridgehead atoms. The van der Waals surface area contributed by atoms with Crippen molar-refractivity contribution in [3.05, 3.63) is 17.7 Å². The Labute approximate surface area is 117 Å². The lowest BCUT2D eigenvalue weighted by Crippen LogP contribution is -2.43. The molecule has 1 amide bonds. The first-order valence-electron chi connectivity index (χ1n) is 6.67. The van der Waals surface area contributed by atoms with Crippen molar-refractivity contribution in [2.24, 2.45) is 0 Å². The van der Waals surface area contributed by atoms with E-state index < -0.39 is 6.23 Å². The zero-order valence-corrected chi connectivity index (χ0v) is 11.5. The number of carbonyl (C=O) groups excluding carboxylic acids is 1.